The van der Waals surface area contributed by atoms with Crippen molar-refractivity contribution in [1.29, 1.82) is 0 Å². The van der Waals surface area contributed by atoms with Gasteiger partial charge < -0.3 is 15.2 Å². The van der Waals surface area contributed by atoms with Gasteiger partial charge in [-0.1, -0.05) is 0 Å². The number of carbonyl (C=O) groups excluding carboxylic acids is 1. The molecule has 3 heterocycles. The maximum absolute atomic E-state index is 12.3. The molecule has 0 fully saturated rings. The first-order valence-electron chi connectivity index (χ1n) is 5.63. The van der Waals surface area contributed by atoms with Gasteiger partial charge in [0.2, 0.25) is 0 Å². The van der Waals surface area contributed by atoms with Gasteiger partial charge >= 0.3 is 0 Å². The molecule has 0 spiro atoms. The Morgan fingerprint density at radius 2 is 2.33 bits per heavy atom. The molecule has 0 bridgehead atoms. The zero-order chi connectivity index (χ0) is 12.7. The van der Waals surface area contributed by atoms with Gasteiger partial charge in [0.25, 0.3) is 5.91 Å². The molecule has 0 saturated heterocycles. The lowest BCUT2D eigenvalue weighted by Gasteiger charge is -2.26. The van der Waals surface area contributed by atoms with Crippen LogP contribution in [0.1, 0.15) is 22.0 Å². The Morgan fingerprint density at radius 3 is 3.06 bits per heavy atom. The summed E-state index contributed by atoms with van der Waals surface area (Å²) in [6, 6.07) is 0. The molecule has 3 rings (SSSR count). The number of nitrogens with one attached hydrogen (secondary N) is 1. The first kappa shape index (κ1) is 10.8. The predicted octanol–water partition coefficient (Wildman–Crippen LogP) is -0.452. The number of anilines is 1. The van der Waals surface area contributed by atoms with Crippen molar-refractivity contribution in [3.63, 3.8) is 0 Å². The number of aromatic amines is 1. The van der Waals surface area contributed by atoms with Crippen LogP contribution in [0.3, 0.4) is 0 Å². The van der Waals surface area contributed by atoms with E-state index in [-0.39, 0.29) is 11.6 Å². The molecule has 1 aliphatic rings. The maximum atomic E-state index is 12.3. The van der Waals surface area contributed by atoms with Crippen LogP contribution in [0.15, 0.2) is 6.33 Å². The number of nitrogen functional groups attached to an aromatic ring is 1. The van der Waals surface area contributed by atoms with Gasteiger partial charge in [0.15, 0.2) is 11.5 Å². The number of hydrogen-bond donors (Lipinski definition) is 2. The molecule has 0 atom stereocenters. The quantitative estimate of drug-likeness (QED) is 0.709. The second kappa shape index (κ2) is 3.83. The second-order valence-corrected chi connectivity index (χ2v) is 4.28. The van der Waals surface area contributed by atoms with Crippen molar-refractivity contribution in [2.75, 3.05) is 12.3 Å². The molecule has 1 amide bonds. The molecule has 8 nitrogen and oxygen atoms in total. The van der Waals surface area contributed by atoms with Crippen molar-refractivity contribution in [3.05, 3.63) is 23.5 Å². The van der Waals surface area contributed by atoms with Gasteiger partial charge in [-0.25, -0.2) is 0 Å². The van der Waals surface area contributed by atoms with Gasteiger partial charge in [-0.2, -0.15) is 5.10 Å². The summed E-state index contributed by atoms with van der Waals surface area (Å²) in [6.07, 6.45) is 1.67. The summed E-state index contributed by atoms with van der Waals surface area (Å²) in [5, 5.41) is 14.5. The topological polar surface area (TPSA) is 106 Å². The fourth-order valence-corrected chi connectivity index (χ4v) is 1.99. The molecular formula is C10H13N7O. The Morgan fingerprint density at radius 1 is 1.50 bits per heavy atom. The lowest BCUT2D eigenvalue weighted by atomic mass is 10.2. The normalized spacial score (nSPS) is 14.6. The highest BCUT2D eigenvalue weighted by Gasteiger charge is 2.26. The molecule has 0 radical (unpaired) electrons. The van der Waals surface area contributed by atoms with Crippen molar-refractivity contribution >= 4 is 11.6 Å². The van der Waals surface area contributed by atoms with Crippen LogP contribution < -0.4 is 5.73 Å². The highest BCUT2D eigenvalue weighted by molar-refractivity contribution is 5.97. The molecule has 3 N–H and O–H groups in total. The lowest BCUT2D eigenvalue weighted by Crippen LogP contribution is -2.38. The van der Waals surface area contributed by atoms with Crippen LogP contribution in [0.2, 0.25) is 0 Å². The van der Waals surface area contributed by atoms with E-state index in [1.54, 1.807) is 18.2 Å². The summed E-state index contributed by atoms with van der Waals surface area (Å²) in [6.45, 7) is 3.52. The number of aryl methyl sites for hydroxylation is 1. The minimum atomic E-state index is -0.175. The SMILES string of the molecule is Cc1[nH]nc(C(=O)N2CCn3cnnc3C2)c1N. The van der Waals surface area contributed by atoms with Crippen LogP contribution in [0.4, 0.5) is 5.69 Å². The number of amides is 1. The van der Waals surface area contributed by atoms with E-state index in [0.29, 0.717) is 31.0 Å². The fourth-order valence-electron chi connectivity index (χ4n) is 1.99. The maximum Gasteiger partial charge on any atom is 0.276 e. The van der Waals surface area contributed by atoms with E-state index in [4.69, 9.17) is 5.73 Å². The Balaban J connectivity index is 1.85. The molecule has 94 valence electrons. The molecule has 0 saturated carbocycles. The van der Waals surface area contributed by atoms with Crippen molar-refractivity contribution < 1.29 is 4.79 Å². The molecule has 18 heavy (non-hydrogen) atoms. The largest absolute Gasteiger partial charge is 0.395 e. The number of rotatable bonds is 1. The molecule has 8 heteroatoms. The van der Waals surface area contributed by atoms with Crippen LogP contribution in [0.25, 0.3) is 0 Å². The zero-order valence-electron chi connectivity index (χ0n) is 9.92. The number of carbonyl (C=O) groups is 1. The number of H-pyrrole nitrogens is 1. The standard InChI is InChI=1S/C10H13N7O/c1-6-8(11)9(15-13-6)10(18)16-2-3-17-5-12-14-7(17)4-16/h5H,2-4,11H2,1H3,(H,13,15). The Hall–Kier alpha value is -2.38. The first-order chi connectivity index (χ1) is 8.66. The Labute approximate surface area is 103 Å². The van der Waals surface area contributed by atoms with Crippen LogP contribution in [-0.4, -0.2) is 42.3 Å². The van der Waals surface area contributed by atoms with Crippen LogP contribution in [-0.2, 0) is 13.1 Å². The number of aromatic nitrogens is 5. The lowest BCUT2D eigenvalue weighted by molar-refractivity contribution is 0.0702. The third-order valence-electron chi connectivity index (χ3n) is 3.12. The molecule has 0 aliphatic carbocycles. The van der Waals surface area contributed by atoms with E-state index in [1.165, 1.54) is 0 Å². The number of hydrogen-bond acceptors (Lipinski definition) is 5. The van der Waals surface area contributed by atoms with Crippen LogP contribution in [0.5, 0.6) is 0 Å². The van der Waals surface area contributed by atoms with Crippen molar-refractivity contribution in [2.45, 2.75) is 20.0 Å². The Bertz CT molecular complexity index is 599. The van der Waals surface area contributed by atoms with Crippen molar-refractivity contribution in [3.8, 4) is 0 Å². The summed E-state index contributed by atoms with van der Waals surface area (Å²) in [5.41, 5.74) is 7.20. The summed E-state index contributed by atoms with van der Waals surface area (Å²) >= 11 is 0. The molecule has 0 unspecified atom stereocenters. The molecule has 2 aromatic rings. The summed E-state index contributed by atoms with van der Waals surface area (Å²) < 4.78 is 1.93. The van der Waals surface area contributed by atoms with E-state index < -0.39 is 0 Å². The van der Waals surface area contributed by atoms with E-state index in [9.17, 15) is 4.79 Å². The zero-order valence-corrected chi connectivity index (χ0v) is 9.92. The van der Waals surface area contributed by atoms with E-state index in [2.05, 4.69) is 20.4 Å². The number of nitrogens with two attached hydrogens (primary N) is 1. The van der Waals surface area contributed by atoms with E-state index in [1.807, 2.05) is 4.57 Å². The highest BCUT2D eigenvalue weighted by Crippen LogP contribution is 2.17. The van der Waals surface area contributed by atoms with Crippen molar-refractivity contribution in [2.24, 2.45) is 0 Å². The average Bonchev–Trinajstić information content (AvgIpc) is 2.96. The van der Waals surface area contributed by atoms with Gasteiger partial charge in [0.1, 0.15) is 6.33 Å². The van der Waals surface area contributed by atoms with Crippen LogP contribution >= 0.6 is 0 Å². The summed E-state index contributed by atoms with van der Waals surface area (Å²) in [4.78, 5) is 13.9. The van der Waals surface area contributed by atoms with Crippen molar-refractivity contribution in [1.82, 2.24) is 29.9 Å². The van der Waals surface area contributed by atoms with Gasteiger partial charge in [-0.15, -0.1) is 10.2 Å². The average molecular weight is 247 g/mol. The molecular weight excluding hydrogens is 234 g/mol. The van der Waals surface area contributed by atoms with E-state index >= 15 is 0 Å². The van der Waals surface area contributed by atoms with Gasteiger partial charge in [-0.3, -0.25) is 9.89 Å². The third-order valence-corrected chi connectivity index (χ3v) is 3.12. The van der Waals surface area contributed by atoms with Gasteiger partial charge in [0, 0.05) is 13.1 Å². The Kier molecular flexibility index (Phi) is 2.29. The van der Waals surface area contributed by atoms with Crippen LogP contribution in [0, 0.1) is 6.92 Å². The number of fused-ring (bicyclic) bond motifs is 1. The minimum Gasteiger partial charge on any atom is -0.395 e. The minimum absolute atomic E-state index is 0.175. The first-order valence-corrected chi connectivity index (χ1v) is 5.63. The monoisotopic (exact) mass is 247 g/mol. The highest BCUT2D eigenvalue weighted by atomic mass is 16.2. The third kappa shape index (κ3) is 1.53. The summed E-state index contributed by atoms with van der Waals surface area (Å²) in [5.74, 6) is 0.603. The molecule has 1 aliphatic heterocycles. The van der Waals surface area contributed by atoms with Gasteiger partial charge in [-0.05, 0) is 6.92 Å². The summed E-state index contributed by atoms with van der Waals surface area (Å²) in [7, 11) is 0. The van der Waals surface area contributed by atoms with Gasteiger partial charge in [0.05, 0.1) is 17.9 Å². The number of nitrogens with zero attached hydrogens (tertiary/aromatic N) is 5. The predicted molar refractivity (Wildman–Crippen MR) is 62.5 cm³/mol. The second-order valence-electron chi connectivity index (χ2n) is 4.28. The molecule has 2 aromatic heterocycles. The fraction of sp³-hybridized carbons (Fsp3) is 0.400. The van der Waals surface area contributed by atoms with E-state index in [0.717, 1.165) is 5.82 Å². The molecule has 0 aromatic carbocycles. The smallest absolute Gasteiger partial charge is 0.276 e.